The Balaban J connectivity index is 1.45. The molecule has 0 aliphatic carbocycles. The Morgan fingerprint density at radius 3 is 2.50 bits per heavy atom. The van der Waals surface area contributed by atoms with Gasteiger partial charge in [0.15, 0.2) is 0 Å². The summed E-state index contributed by atoms with van der Waals surface area (Å²) in [6, 6.07) is 22.7. The minimum absolute atomic E-state index is 0.250. The van der Waals surface area contributed by atoms with Gasteiger partial charge in [-0.2, -0.15) is 0 Å². The summed E-state index contributed by atoms with van der Waals surface area (Å²) in [4.78, 5) is 39.1. The van der Waals surface area contributed by atoms with Crippen LogP contribution in [0.25, 0.3) is 6.08 Å². The topological polar surface area (TPSA) is 75.7 Å². The summed E-state index contributed by atoms with van der Waals surface area (Å²) in [6.45, 7) is 3.89. The van der Waals surface area contributed by atoms with E-state index in [-0.39, 0.29) is 11.4 Å². The average Bonchev–Trinajstić information content (AvgIpc) is 3.08. The number of benzene rings is 3. The van der Waals surface area contributed by atoms with Gasteiger partial charge < -0.3 is 10.1 Å². The second kappa shape index (κ2) is 10.4. The molecular weight excluding hydrogens is 448 g/mol. The average molecular weight is 473 g/mol. The fourth-order valence-electron chi connectivity index (χ4n) is 3.53. The lowest BCUT2D eigenvalue weighted by atomic mass is 10.1. The van der Waals surface area contributed by atoms with Crippen LogP contribution in [-0.4, -0.2) is 28.5 Å². The minimum Gasteiger partial charge on any atom is -0.488 e. The van der Waals surface area contributed by atoms with E-state index in [0.29, 0.717) is 23.6 Å². The summed E-state index contributed by atoms with van der Waals surface area (Å²) in [5.74, 6) is -0.323. The number of imide groups is 1. The number of hydrogen-bond acceptors (Lipinski definition) is 5. The van der Waals surface area contributed by atoms with E-state index in [4.69, 9.17) is 4.74 Å². The van der Waals surface area contributed by atoms with Gasteiger partial charge in [-0.15, -0.1) is 0 Å². The Kier molecular flexibility index (Phi) is 7.13. The first-order chi connectivity index (χ1) is 16.4. The fraction of sp³-hybridized carbons (Fsp3) is 0.148. The van der Waals surface area contributed by atoms with E-state index in [0.717, 1.165) is 33.4 Å². The van der Waals surface area contributed by atoms with Crippen molar-refractivity contribution in [2.75, 3.05) is 11.9 Å². The van der Waals surface area contributed by atoms with Crippen LogP contribution in [0.2, 0.25) is 0 Å². The van der Waals surface area contributed by atoms with Crippen LogP contribution in [0.1, 0.15) is 22.3 Å². The third-order valence-electron chi connectivity index (χ3n) is 5.27. The highest BCUT2D eigenvalue weighted by atomic mass is 32.2. The lowest BCUT2D eigenvalue weighted by Crippen LogP contribution is -2.36. The van der Waals surface area contributed by atoms with Gasteiger partial charge in [0.2, 0.25) is 5.91 Å². The Morgan fingerprint density at radius 2 is 1.74 bits per heavy atom. The molecule has 0 spiro atoms. The van der Waals surface area contributed by atoms with Crippen molar-refractivity contribution in [3.63, 3.8) is 0 Å². The Morgan fingerprint density at radius 1 is 1.00 bits per heavy atom. The third kappa shape index (κ3) is 5.55. The summed E-state index contributed by atoms with van der Waals surface area (Å²) in [5.41, 5.74) is 4.35. The predicted octanol–water partition coefficient (Wildman–Crippen LogP) is 5.56. The van der Waals surface area contributed by atoms with Crippen molar-refractivity contribution in [3.05, 3.63) is 100.0 Å². The molecule has 0 radical (unpaired) electrons. The standard InChI is InChI=1S/C27H24N2O4S/c1-18-12-13-22(19(2)14-18)28-25(30)16-29-26(31)24(34-27(29)32)15-21-10-6-7-11-23(21)33-17-20-8-4-3-5-9-20/h3-15H,16-17H2,1-2H3,(H,28,30)/b24-15+. The molecule has 34 heavy (non-hydrogen) atoms. The number of carbonyl (C=O) groups excluding carboxylic acids is 3. The van der Waals surface area contributed by atoms with Gasteiger partial charge in [0, 0.05) is 11.3 Å². The fourth-order valence-corrected chi connectivity index (χ4v) is 4.36. The molecule has 3 aromatic rings. The lowest BCUT2D eigenvalue weighted by Gasteiger charge is -2.14. The van der Waals surface area contributed by atoms with Gasteiger partial charge in [-0.3, -0.25) is 19.3 Å². The predicted molar refractivity (Wildman–Crippen MR) is 134 cm³/mol. The number of ether oxygens (including phenoxy) is 1. The Labute approximate surface area is 202 Å². The Hall–Kier alpha value is -3.84. The second-order valence-electron chi connectivity index (χ2n) is 7.95. The molecule has 1 aliphatic heterocycles. The molecule has 0 atom stereocenters. The molecule has 1 heterocycles. The highest BCUT2D eigenvalue weighted by Gasteiger charge is 2.36. The minimum atomic E-state index is -0.497. The van der Waals surface area contributed by atoms with E-state index in [2.05, 4.69) is 5.32 Å². The van der Waals surface area contributed by atoms with Crippen LogP contribution in [0.15, 0.2) is 77.7 Å². The Bertz CT molecular complexity index is 1270. The van der Waals surface area contributed by atoms with Crippen LogP contribution in [0.4, 0.5) is 10.5 Å². The van der Waals surface area contributed by atoms with E-state index in [1.54, 1.807) is 6.08 Å². The first-order valence-electron chi connectivity index (χ1n) is 10.8. The van der Waals surface area contributed by atoms with E-state index >= 15 is 0 Å². The largest absolute Gasteiger partial charge is 0.488 e. The second-order valence-corrected chi connectivity index (χ2v) is 8.94. The van der Waals surface area contributed by atoms with Crippen molar-refractivity contribution in [1.82, 2.24) is 4.90 Å². The first-order valence-corrected chi connectivity index (χ1v) is 11.6. The quantitative estimate of drug-likeness (QED) is 0.456. The molecular formula is C27H24N2O4S. The zero-order valence-corrected chi connectivity index (χ0v) is 19.7. The first kappa shape index (κ1) is 23.3. The maximum absolute atomic E-state index is 12.9. The molecule has 6 nitrogen and oxygen atoms in total. The summed E-state index contributed by atoms with van der Waals surface area (Å²) in [7, 11) is 0. The highest BCUT2D eigenvalue weighted by molar-refractivity contribution is 8.18. The molecule has 7 heteroatoms. The van der Waals surface area contributed by atoms with Gasteiger partial charge in [0.05, 0.1) is 4.91 Å². The smallest absolute Gasteiger partial charge is 0.294 e. The molecule has 0 bridgehead atoms. The number of thioether (sulfide) groups is 1. The van der Waals surface area contributed by atoms with E-state index in [1.807, 2.05) is 86.6 Å². The summed E-state index contributed by atoms with van der Waals surface area (Å²) < 4.78 is 5.95. The van der Waals surface area contributed by atoms with Gasteiger partial charge >= 0.3 is 0 Å². The molecule has 1 N–H and O–H groups in total. The molecule has 1 fully saturated rings. The van der Waals surface area contributed by atoms with Gasteiger partial charge in [-0.1, -0.05) is 66.2 Å². The van der Waals surface area contributed by atoms with Crippen LogP contribution in [0.5, 0.6) is 5.75 Å². The summed E-state index contributed by atoms with van der Waals surface area (Å²) >= 11 is 0.816. The number of nitrogens with one attached hydrogen (secondary N) is 1. The zero-order valence-electron chi connectivity index (χ0n) is 18.9. The molecule has 1 saturated heterocycles. The van der Waals surface area contributed by atoms with Crippen molar-refractivity contribution in [2.45, 2.75) is 20.5 Å². The van der Waals surface area contributed by atoms with E-state index in [9.17, 15) is 14.4 Å². The third-order valence-corrected chi connectivity index (χ3v) is 6.18. The zero-order chi connectivity index (χ0) is 24.1. The maximum Gasteiger partial charge on any atom is 0.294 e. The van der Waals surface area contributed by atoms with Crippen molar-refractivity contribution in [2.24, 2.45) is 0 Å². The molecule has 3 aromatic carbocycles. The van der Waals surface area contributed by atoms with E-state index < -0.39 is 17.1 Å². The van der Waals surface area contributed by atoms with Crippen LogP contribution >= 0.6 is 11.8 Å². The lowest BCUT2D eigenvalue weighted by molar-refractivity contribution is -0.127. The molecule has 0 saturated carbocycles. The number of rotatable bonds is 7. The van der Waals surface area contributed by atoms with Gasteiger partial charge in [0.25, 0.3) is 11.1 Å². The van der Waals surface area contributed by atoms with Crippen LogP contribution in [-0.2, 0) is 16.2 Å². The van der Waals surface area contributed by atoms with Crippen molar-refractivity contribution < 1.29 is 19.1 Å². The number of aryl methyl sites for hydroxylation is 2. The molecule has 172 valence electrons. The number of nitrogens with zero attached hydrogens (tertiary/aromatic N) is 1. The maximum atomic E-state index is 12.9. The molecule has 0 unspecified atom stereocenters. The number of amides is 3. The highest BCUT2D eigenvalue weighted by Crippen LogP contribution is 2.34. The number of para-hydroxylation sites is 1. The number of carbonyl (C=O) groups is 3. The number of hydrogen-bond donors (Lipinski definition) is 1. The monoisotopic (exact) mass is 472 g/mol. The summed E-state index contributed by atoms with van der Waals surface area (Å²) in [6.07, 6.45) is 1.63. The van der Waals surface area contributed by atoms with Crippen LogP contribution in [0.3, 0.4) is 0 Å². The molecule has 3 amide bonds. The normalized spacial score (nSPS) is 14.5. The molecule has 4 rings (SSSR count). The van der Waals surface area contributed by atoms with Crippen molar-refractivity contribution in [3.8, 4) is 5.75 Å². The number of anilines is 1. The summed E-state index contributed by atoms with van der Waals surface area (Å²) in [5, 5.41) is 2.30. The molecule has 0 aromatic heterocycles. The SMILES string of the molecule is Cc1ccc(NC(=O)CN2C(=O)S/C(=C/c3ccccc3OCc3ccccc3)C2=O)c(C)c1. The van der Waals surface area contributed by atoms with E-state index in [1.165, 1.54) is 0 Å². The van der Waals surface area contributed by atoms with Gasteiger partial charge in [0.1, 0.15) is 18.9 Å². The van der Waals surface area contributed by atoms with Crippen LogP contribution in [0, 0.1) is 13.8 Å². The van der Waals surface area contributed by atoms with Crippen molar-refractivity contribution in [1.29, 1.82) is 0 Å². The van der Waals surface area contributed by atoms with Crippen LogP contribution < -0.4 is 10.1 Å². The van der Waals surface area contributed by atoms with Gasteiger partial charge in [-0.25, -0.2) is 0 Å². The van der Waals surface area contributed by atoms with Gasteiger partial charge in [-0.05, 0) is 54.9 Å². The molecule has 1 aliphatic rings. The van der Waals surface area contributed by atoms with Crippen molar-refractivity contribution >= 4 is 40.6 Å².